The van der Waals surface area contributed by atoms with Crippen molar-refractivity contribution in [3.8, 4) is 0 Å². The molecule has 0 amide bonds. The molecule has 0 atom stereocenters. The van der Waals surface area contributed by atoms with Crippen LogP contribution in [0.3, 0.4) is 0 Å². The van der Waals surface area contributed by atoms with Crippen molar-refractivity contribution in [3.63, 3.8) is 0 Å². The lowest BCUT2D eigenvalue weighted by Gasteiger charge is -2.11. The van der Waals surface area contributed by atoms with Crippen LogP contribution in [0.4, 0.5) is 0 Å². The molecule has 0 spiro atoms. The first kappa shape index (κ1) is 16.9. The van der Waals surface area contributed by atoms with Crippen LogP contribution in [0, 0.1) is 4.30 Å². The Balaban J connectivity index is 0.000000487. The molecule has 16 heavy (non-hydrogen) atoms. The molecule has 0 heterocycles. The number of rotatable bonds is 2. The SMILES string of the molecule is ClC(Cl)(Cl)OCc1ccccc1.Cl[C](Cl)Cl. The Kier molecular flexibility index (Phi) is 9.44. The Morgan fingerprint density at radius 3 is 1.81 bits per heavy atom. The van der Waals surface area contributed by atoms with Gasteiger partial charge >= 0.3 is 0 Å². The van der Waals surface area contributed by atoms with E-state index in [9.17, 15) is 0 Å². The molecule has 1 radical (unpaired) electrons. The second kappa shape index (κ2) is 8.93. The minimum absolute atomic E-state index is 0.167. The highest BCUT2D eigenvalue weighted by Gasteiger charge is 2.19. The van der Waals surface area contributed by atoms with Gasteiger partial charge in [0.2, 0.25) is 4.30 Å². The summed E-state index contributed by atoms with van der Waals surface area (Å²) in [6, 6.07) is 9.51. The summed E-state index contributed by atoms with van der Waals surface area (Å²) in [5.74, 6) is 0. The lowest BCUT2D eigenvalue weighted by molar-refractivity contribution is 0.116. The first-order valence-corrected chi connectivity index (χ1v) is 6.16. The molecule has 0 aliphatic heterocycles. The van der Waals surface area contributed by atoms with Gasteiger partial charge in [0.15, 0.2) is 0 Å². The number of hydrogen-bond acceptors (Lipinski definition) is 1. The largest absolute Gasteiger partial charge is 0.330 e. The van der Waals surface area contributed by atoms with Crippen LogP contribution >= 0.6 is 69.6 Å². The van der Waals surface area contributed by atoms with E-state index in [1.807, 2.05) is 30.3 Å². The summed E-state index contributed by atoms with van der Waals surface area (Å²) < 4.78 is 3.12. The fourth-order valence-electron chi connectivity index (χ4n) is 0.739. The zero-order chi connectivity index (χ0) is 12.6. The lowest BCUT2D eigenvalue weighted by atomic mass is 10.2. The van der Waals surface area contributed by atoms with E-state index in [-0.39, 0.29) is 4.30 Å². The molecule has 0 bridgehead atoms. The fraction of sp³-hybridized carbons (Fsp3) is 0.222. The molecule has 0 aliphatic rings. The Morgan fingerprint density at radius 2 is 1.44 bits per heavy atom. The van der Waals surface area contributed by atoms with E-state index in [2.05, 4.69) is 0 Å². The van der Waals surface area contributed by atoms with E-state index in [0.29, 0.717) is 6.61 Å². The fourth-order valence-corrected chi connectivity index (χ4v) is 0.903. The number of ether oxygens (including phenoxy) is 1. The van der Waals surface area contributed by atoms with Gasteiger partial charge in [-0.3, -0.25) is 0 Å². The minimum Gasteiger partial charge on any atom is -0.330 e. The Morgan fingerprint density at radius 1 is 1.00 bits per heavy atom. The van der Waals surface area contributed by atoms with Crippen LogP contribution in [-0.4, -0.2) is 3.98 Å². The molecule has 0 unspecified atom stereocenters. The van der Waals surface area contributed by atoms with E-state index in [4.69, 9.17) is 74.3 Å². The topological polar surface area (TPSA) is 9.23 Å². The van der Waals surface area contributed by atoms with Crippen molar-refractivity contribution >= 4 is 69.6 Å². The third-order valence-corrected chi connectivity index (χ3v) is 1.57. The maximum absolute atomic E-state index is 5.39. The maximum atomic E-state index is 5.39. The smallest absolute Gasteiger partial charge is 0.297 e. The van der Waals surface area contributed by atoms with Crippen molar-refractivity contribution in [1.82, 2.24) is 0 Å². The Hall–Kier alpha value is 0.920. The molecule has 0 aliphatic carbocycles. The summed E-state index contributed by atoms with van der Waals surface area (Å²) in [5, 5.41) is 0. The quantitative estimate of drug-likeness (QED) is 0.627. The van der Waals surface area contributed by atoms with E-state index in [0.717, 1.165) is 5.56 Å². The third kappa shape index (κ3) is 13.0. The van der Waals surface area contributed by atoms with Gasteiger partial charge in [-0.25, -0.2) is 0 Å². The molecule has 1 rings (SSSR count). The summed E-state index contributed by atoms with van der Waals surface area (Å²) in [7, 11) is 0. The second-order valence-corrected chi connectivity index (χ2v) is 6.33. The molecule has 0 saturated carbocycles. The predicted molar refractivity (Wildman–Crippen MR) is 72.3 cm³/mol. The zero-order valence-electron chi connectivity index (χ0n) is 7.77. The van der Waals surface area contributed by atoms with Gasteiger partial charge in [0.1, 0.15) is 0 Å². The highest BCUT2D eigenvalue weighted by molar-refractivity contribution is 6.72. The zero-order valence-corrected chi connectivity index (χ0v) is 12.3. The van der Waals surface area contributed by atoms with E-state index in [1.165, 1.54) is 0 Å². The maximum Gasteiger partial charge on any atom is 0.297 e. The molecule has 7 heteroatoms. The van der Waals surface area contributed by atoms with Gasteiger partial charge in [-0.15, -0.1) is 0 Å². The summed E-state index contributed by atoms with van der Waals surface area (Å²) in [4.78, 5) is 0. The lowest BCUT2D eigenvalue weighted by Crippen LogP contribution is -2.08. The normalized spacial score (nSPS) is 10.9. The summed E-state index contributed by atoms with van der Waals surface area (Å²) in [6.07, 6.45) is 0. The Labute approximate surface area is 124 Å². The molecule has 0 saturated heterocycles. The van der Waals surface area contributed by atoms with Gasteiger partial charge in [-0.2, -0.15) is 0 Å². The van der Waals surface area contributed by atoms with E-state index >= 15 is 0 Å². The molecule has 0 fully saturated rings. The van der Waals surface area contributed by atoms with Crippen LogP contribution in [0.25, 0.3) is 0 Å². The number of hydrogen-bond donors (Lipinski definition) is 0. The highest BCUT2D eigenvalue weighted by atomic mass is 35.6. The van der Waals surface area contributed by atoms with Gasteiger partial charge < -0.3 is 4.74 Å². The molecule has 1 nitrogen and oxygen atoms in total. The molecule has 1 aromatic rings. The highest BCUT2D eigenvalue weighted by Crippen LogP contribution is 2.28. The third-order valence-electron chi connectivity index (χ3n) is 1.25. The average molecular weight is 344 g/mol. The van der Waals surface area contributed by atoms with Crippen LogP contribution in [0.5, 0.6) is 0 Å². The van der Waals surface area contributed by atoms with Gasteiger partial charge in [-0.05, 0) is 5.56 Å². The number of halogens is 6. The van der Waals surface area contributed by atoms with Gasteiger partial charge in [0.25, 0.3) is 3.98 Å². The Bertz CT molecular complexity index is 268. The molecular formula is C9H7Cl6O. The first-order chi connectivity index (χ1) is 7.31. The monoisotopic (exact) mass is 341 g/mol. The summed E-state index contributed by atoms with van der Waals surface area (Å²) >= 11 is 30.3. The predicted octanol–water partition coefficient (Wildman–Crippen LogP) is 5.68. The van der Waals surface area contributed by atoms with Crippen LogP contribution in [0.1, 0.15) is 5.56 Å². The average Bonchev–Trinajstić information content (AvgIpc) is 2.14. The van der Waals surface area contributed by atoms with Gasteiger partial charge in [0, 0.05) is 0 Å². The van der Waals surface area contributed by atoms with Crippen LogP contribution in [0.15, 0.2) is 30.3 Å². The summed E-state index contributed by atoms with van der Waals surface area (Å²) in [6.45, 7) is 0.303. The van der Waals surface area contributed by atoms with Crippen molar-refractivity contribution < 1.29 is 4.74 Å². The first-order valence-electron chi connectivity index (χ1n) is 3.89. The van der Waals surface area contributed by atoms with Crippen molar-refractivity contribution in [2.45, 2.75) is 10.6 Å². The second-order valence-electron chi connectivity index (χ2n) is 2.43. The number of alkyl halides is 3. The van der Waals surface area contributed by atoms with E-state index in [1.54, 1.807) is 0 Å². The van der Waals surface area contributed by atoms with Crippen molar-refractivity contribution in [3.05, 3.63) is 40.2 Å². The standard InChI is InChI=1S/C8H7Cl3O.CCl3/c9-8(10,11)12-6-7-4-2-1-3-5-7;2-1(3)4/h1-5H,6H2;. The van der Waals surface area contributed by atoms with E-state index < -0.39 is 3.98 Å². The van der Waals surface area contributed by atoms with Crippen molar-refractivity contribution in [2.24, 2.45) is 0 Å². The molecule has 91 valence electrons. The number of benzene rings is 1. The molecular weight excluding hydrogens is 337 g/mol. The van der Waals surface area contributed by atoms with Crippen molar-refractivity contribution in [1.29, 1.82) is 0 Å². The van der Waals surface area contributed by atoms with Gasteiger partial charge in [0.05, 0.1) is 6.61 Å². The van der Waals surface area contributed by atoms with Crippen LogP contribution < -0.4 is 0 Å². The summed E-state index contributed by atoms with van der Waals surface area (Å²) in [5.41, 5.74) is 0.976. The molecule has 0 N–H and O–H groups in total. The minimum atomic E-state index is -1.63. The molecule has 1 aromatic carbocycles. The van der Waals surface area contributed by atoms with Crippen molar-refractivity contribution in [2.75, 3.05) is 0 Å². The molecule has 0 aromatic heterocycles. The van der Waals surface area contributed by atoms with Crippen LogP contribution in [-0.2, 0) is 11.3 Å². The van der Waals surface area contributed by atoms with Gasteiger partial charge in [-0.1, -0.05) is 99.9 Å². The van der Waals surface area contributed by atoms with Crippen LogP contribution in [0.2, 0.25) is 0 Å².